The molecule has 106 valence electrons. The first-order chi connectivity index (χ1) is 8.45. The number of hydrogen-bond donors (Lipinski definition) is 2. The molecule has 1 aromatic rings. The molecule has 0 spiro atoms. The molecule has 19 heavy (non-hydrogen) atoms. The molecule has 0 aliphatic rings. The van der Waals surface area contributed by atoms with Gasteiger partial charge < -0.3 is 11.1 Å². The van der Waals surface area contributed by atoms with Crippen LogP contribution in [0.2, 0.25) is 0 Å². The van der Waals surface area contributed by atoms with E-state index in [4.69, 9.17) is 5.73 Å². The van der Waals surface area contributed by atoms with Gasteiger partial charge >= 0.3 is 0 Å². The van der Waals surface area contributed by atoms with Crippen molar-refractivity contribution in [2.75, 3.05) is 5.32 Å². The lowest BCUT2D eigenvalue weighted by atomic mass is 9.99. The fourth-order valence-electron chi connectivity index (χ4n) is 1.55. The van der Waals surface area contributed by atoms with Crippen molar-refractivity contribution in [2.45, 2.75) is 33.2 Å². The predicted octanol–water partition coefficient (Wildman–Crippen LogP) is 2.62. The van der Waals surface area contributed by atoms with E-state index < -0.39 is 6.04 Å². The zero-order chi connectivity index (χ0) is 13.7. The number of amides is 1. The first-order valence-corrected chi connectivity index (χ1v) is 6.13. The third-order valence-electron chi connectivity index (χ3n) is 3.10. The Labute approximate surface area is 120 Å². The highest BCUT2D eigenvalue weighted by molar-refractivity contribution is 5.98. The van der Waals surface area contributed by atoms with Crippen LogP contribution in [0.25, 0.3) is 0 Å². The van der Waals surface area contributed by atoms with Crippen LogP contribution in [-0.2, 0) is 4.79 Å². The van der Waals surface area contributed by atoms with Gasteiger partial charge in [0.25, 0.3) is 0 Å². The Morgan fingerprint density at radius 3 is 2.53 bits per heavy atom. The van der Waals surface area contributed by atoms with Gasteiger partial charge in [-0.1, -0.05) is 32.4 Å². The average Bonchev–Trinajstić information content (AvgIpc) is 2.37. The van der Waals surface area contributed by atoms with E-state index in [-0.39, 0.29) is 30.0 Å². The molecule has 0 aromatic heterocycles. The Morgan fingerprint density at radius 1 is 1.37 bits per heavy atom. The number of nitrogens with two attached hydrogens (primary N) is 1. The molecule has 0 aliphatic heterocycles. The number of Topliss-reactive ketones (excluding diaryl/α,β-unsaturated/α-hetero) is 1. The van der Waals surface area contributed by atoms with E-state index in [9.17, 15) is 9.59 Å². The minimum absolute atomic E-state index is 0. The Morgan fingerprint density at radius 2 is 2.00 bits per heavy atom. The normalized spacial score (nSPS) is 13.1. The Hall–Kier alpha value is -1.39. The molecule has 0 saturated heterocycles. The smallest absolute Gasteiger partial charge is 0.241 e. The average molecular weight is 285 g/mol. The number of hydrogen-bond acceptors (Lipinski definition) is 3. The standard InChI is InChI=1S/C14H20N2O2.ClH/c1-4-9(2)13(15)14(18)16-12-7-5-6-11(8-12)10(3)17;/h5-9,13H,4,15H2,1-3H3,(H,16,18);1H. The number of rotatable bonds is 5. The van der Waals surface area contributed by atoms with Gasteiger partial charge in [0, 0.05) is 11.3 Å². The highest BCUT2D eigenvalue weighted by Gasteiger charge is 2.19. The largest absolute Gasteiger partial charge is 0.325 e. The maximum Gasteiger partial charge on any atom is 0.241 e. The Kier molecular flexibility index (Phi) is 7.34. The third-order valence-corrected chi connectivity index (χ3v) is 3.10. The van der Waals surface area contributed by atoms with Crippen molar-refractivity contribution in [3.05, 3.63) is 29.8 Å². The van der Waals surface area contributed by atoms with Gasteiger partial charge in [-0.05, 0) is 25.0 Å². The fourth-order valence-corrected chi connectivity index (χ4v) is 1.55. The fraction of sp³-hybridized carbons (Fsp3) is 0.429. The quantitative estimate of drug-likeness (QED) is 0.817. The first kappa shape index (κ1) is 17.6. The lowest BCUT2D eigenvalue weighted by Gasteiger charge is -2.17. The van der Waals surface area contributed by atoms with Gasteiger partial charge in [-0.3, -0.25) is 9.59 Å². The molecule has 3 N–H and O–H groups in total. The second-order valence-corrected chi connectivity index (χ2v) is 4.54. The molecule has 0 fully saturated rings. The summed E-state index contributed by atoms with van der Waals surface area (Å²) >= 11 is 0. The molecule has 1 rings (SSSR count). The van der Waals surface area contributed by atoms with Crippen molar-refractivity contribution in [1.82, 2.24) is 0 Å². The predicted molar refractivity (Wildman–Crippen MR) is 79.8 cm³/mol. The van der Waals surface area contributed by atoms with Crippen molar-refractivity contribution < 1.29 is 9.59 Å². The van der Waals surface area contributed by atoms with Crippen molar-refractivity contribution >= 4 is 29.8 Å². The van der Waals surface area contributed by atoms with Gasteiger partial charge in [0.05, 0.1) is 6.04 Å². The molecule has 0 heterocycles. The van der Waals surface area contributed by atoms with Crippen LogP contribution in [0.3, 0.4) is 0 Å². The Bertz CT molecular complexity index is 449. The van der Waals surface area contributed by atoms with Crippen molar-refractivity contribution in [3.8, 4) is 0 Å². The zero-order valence-electron chi connectivity index (χ0n) is 11.5. The van der Waals surface area contributed by atoms with E-state index in [0.29, 0.717) is 11.3 Å². The van der Waals surface area contributed by atoms with Crippen LogP contribution in [0.1, 0.15) is 37.6 Å². The van der Waals surface area contributed by atoms with Crippen molar-refractivity contribution in [3.63, 3.8) is 0 Å². The molecule has 0 aliphatic carbocycles. The summed E-state index contributed by atoms with van der Waals surface area (Å²) in [4.78, 5) is 23.1. The summed E-state index contributed by atoms with van der Waals surface area (Å²) in [5.74, 6) is -0.122. The molecule has 1 amide bonds. The molecule has 2 atom stereocenters. The van der Waals surface area contributed by atoms with Crippen molar-refractivity contribution in [2.24, 2.45) is 11.7 Å². The minimum Gasteiger partial charge on any atom is -0.325 e. The topological polar surface area (TPSA) is 72.2 Å². The van der Waals surface area contributed by atoms with Crippen molar-refractivity contribution in [1.29, 1.82) is 0 Å². The Balaban J connectivity index is 0.00000324. The number of ketones is 1. The molecule has 0 saturated carbocycles. The summed E-state index contributed by atoms with van der Waals surface area (Å²) in [6, 6.07) is 6.32. The van der Waals surface area contributed by atoms with Gasteiger partial charge in [-0.15, -0.1) is 12.4 Å². The maximum atomic E-state index is 11.9. The molecular weight excluding hydrogens is 264 g/mol. The van der Waals surface area contributed by atoms with Crippen LogP contribution >= 0.6 is 12.4 Å². The molecule has 0 bridgehead atoms. The van der Waals surface area contributed by atoms with Gasteiger partial charge in [0.15, 0.2) is 5.78 Å². The van der Waals surface area contributed by atoms with E-state index >= 15 is 0 Å². The summed E-state index contributed by atoms with van der Waals surface area (Å²) in [5.41, 5.74) is 7.02. The molecule has 2 unspecified atom stereocenters. The zero-order valence-corrected chi connectivity index (χ0v) is 12.3. The van der Waals surface area contributed by atoms with E-state index in [1.54, 1.807) is 24.3 Å². The number of halogens is 1. The summed E-state index contributed by atoms with van der Waals surface area (Å²) in [7, 11) is 0. The molecule has 0 radical (unpaired) electrons. The lowest BCUT2D eigenvalue weighted by Crippen LogP contribution is -2.40. The van der Waals surface area contributed by atoms with E-state index in [0.717, 1.165) is 6.42 Å². The van der Waals surface area contributed by atoms with Gasteiger partial charge in [-0.25, -0.2) is 0 Å². The van der Waals surface area contributed by atoms with Gasteiger partial charge in [0.1, 0.15) is 0 Å². The number of carbonyl (C=O) groups excluding carboxylic acids is 2. The minimum atomic E-state index is -0.531. The van der Waals surface area contributed by atoms with Crippen LogP contribution in [-0.4, -0.2) is 17.7 Å². The van der Waals surface area contributed by atoms with Crippen LogP contribution in [0.5, 0.6) is 0 Å². The molecule has 1 aromatic carbocycles. The second kappa shape index (κ2) is 7.92. The van der Waals surface area contributed by atoms with E-state index in [1.165, 1.54) is 6.92 Å². The summed E-state index contributed by atoms with van der Waals surface area (Å²) in [6.45, 7) is 5.43. The molecule has 4 nitrogen and oxygen atoms in total. The summed E-state index contributed by atoms with van der Waals surface area (Å²) in [6.07, 6.45) is 0.849. The van der Waals surface area contributed by atoms with Crippen LogP contribution < -0.4 is 11.1 Å². The highest BCUT2D eigenvalue weighted by Crippen LogP contribution is 2.13. The number of benzene rings is 1. The lowest BCUT2D eigenvalue weighted by molar-refractivity contribution is -0.118. The number of nitrogens with one attached hydrogen (secondary N) is 1. The van der Waals surface area contributed by atoms with Gasteiger partial charge in [-0.2, -0.15) is 0 Å². The van der Waals surface area contributed by atoms with E-state index in [1.807, 2.05) is 13.8 Å². The number of anilines is 1. The van der Waals surface area contributed by atoms with Crippen LogP contribution in [0.4, 0.5) is 5.69 Å². The summed E-state index contributed by atoms with van der Waals surface area (Å²) in [5, 5.41) is 2.74. The van der Waals surface area contributed by atoms with Crippen LogP contribution in [0.15, 0.2) is 24.3 Å². The highest BCUT2D eigenvalue weighted by atomic mass is 35.5. The van der Waals surface area contributed by atoms with Crippen LogP contribution in [0, 0.1) is 5.92 Å². The van der Waals surface area contributed by atoms with E-state index in [2.05, 4.69) is 5.32 Å². The first-order valence-electron chi connectivity index (χ1n) is 6.13. The number of carbonyl (C=O) groups is 2. The SMILES string of the molecule is CCC(C)C(N)C(=O)Nc1cccc(C(C)=O)c1.Cl. The second-order valence-electron chi connectivity index (χ2n) is 4.54. The monoisotopic (exact) mass is 284 g/mol. The molecular formula is C14H21ClN2O2. The maximum absolute atomic E-state index is 11.9. The summed E-state index contributed by atoms with van der Waals surface area (Å²) < 4.78 is 0. The molecule has 5 heteroatoms. The van der Waals surface area contributed by atoms with Gasteiger partial charge in [0.2, 0.25) is 5.91 Å². The third kappa shape index (κ3) is 5.01.